The van der Waals surface area contributed by atoms with E-state index in [-0.39, 0.29) is 11.8 Å². The van der Waals surface area contributed by atoms with Gasteiger partial charge in [0.15, 0.2) is 0 Å². The molecule has 0 spiro atoms. The van der Waals surface area contributed by atoms with Gasteiger partial charge in [0.25, 0.3) is 0 Å². The molecule has 24 heavy (non-hydrogen) atoms. The molecule has 0 amide bonds. The summed E-state index contributed by atoms with van der Waals surface area (Å²) in [5.74, 6) is 1.77. The first-order valence-corrected chi connectivity index (χ1v) is 8.83. The summed E-state index contributed by atoms with van der Waals surface area (Å²) < 4.78 is 23.3. The molecule has 0 bridgehead atoms. The lowest BCUT2D eigenvalue weighted by atomic mass is 10.1. The molecule has 3 rings (SSSR count). The second-order valence-electron chi connectivity index (χ2n) is 5.54. The van der Waals surface area contributed by atoms with Crippen LogP contribution >= 0.6 is 0 Å². The Morgan fingerprint density at radius 2 is 2.00 bits per heavy atom. The van der Waals surface area contributed by atoms with E-state index in [0.29, 0.717) is 5.17 Å². The van der Waals surface area contributed by atoms with Crippen molar-refractivity contribution in [2.75, 3.05) is 14.2 Å². The van der Waals surface area contributed by atoms with Crippen LogP contribution in [0.4, 0.5) is 0 Å². The van der Waals surface area contributed by atoms with Crippen molar-refractivity contribution in [1.29, 1.82) is 0 Å². The summed E-state index contributed by atoms with van der Waals surface area (Å²) >= 11 is 0. The molecule has 1 aromatic heterocycles. The number of fused-ring (bicyclic) bond motifs is 1. The normalized spacial score (nSPS) is 20.0. The number of ether oxygens (including phenoxy) is 2. The first kappa shape index (κ1) is 16.6. The minimum atomic E-state index is -1.36. The van der Waals surface area contributed by atoms with Crippen LogP contribution in [-0.4, -0.2) is 40.3 Å². The summed E-state index contributed by atoms with van der Waals surface area (Å²) in [5.41, 5.74) is 3.37. The SMILES string of the molecule is COC1=CC2N=C(S(=O)Cc3ncc(C)c(OC)c3C)N=C2C=C1. The molecule has 6 nitrogen and oxygen atoms in total. The molecule has 0 saturated carbocycles. The molecule has 2 heterocycles. The quantitative estimate of drug-likeness (QED) is 0.839. The highest BCUT2D eigenvalue weighted by atomic mass is 32.2. The first-order chi connectivity index (χ1) is 11.5. The summed E-state index contributed by atoms with van der Waals surface area (Å²) in [6.07, 6.45) is 7.27. The molecular formula is C17H19N3O3S. The highest BCUT2D eigenvalue weighted by Gasteiger charge is 2.26. The number of pyridine rings is 1. The van der Waals surface area contributed by atoms with Crippen LogP contribution in [0.15, 0.2) is 40.2 Å². The van der Waals surface area contributed by atoms with Crippen LogP contribution in [0.2, 0.25) is 0 Å². The fourth-order valence-electron chi connectivity index (χ4n) is 2.68. The Balaban J connectivity index is 1.81. The molecule has 1 aromatic rings. The van der Waals surface area contributed by atoms with E-state index in [9.17, 15) is 4.21 Å². The molecule has 0 fully saturated rings. The predicted molar refractivity (Wildman–Crippen MR) is 95.0 cm³/mol. The van der Waals surface area contributed by atoms with Gasteiger partial charge in [0, 0.05) is 17.3 Å². The van der Waals surface area contributed by atoms with Crippen molar-refractivity contribution < 1.29 is 13.7 Å². The highest BCUT2D eigenvalue weighted by molar-refractivity contribution is 7.99. The Morgan fingerprint density at radius 1 is 1.21 bits per heavy atom. The number of methoxy groups -OCH3 is 2. The molecule has 0 aromatic carbocycles. The molecule has 126 valence electrons. The Labute approximate surface area is 143 Å². The third-order valence-electron chi connectivity index (χ3n) is 3.97. The number of rotatable bonds is 4. The van der Waals surface area contributed by atoms with Crippen molar-refractivity contribution in [2.24, 2.45) is 9.98 Å². The van der Waals surface area contributed by atoms with Crippen LogP contribution in [0.25, 0.3) is 0 Å². The predicted octanol–water partition coefficient (Wildman–Crippen LogP) is 2.24. The van der Waals surface area contributed by atoms with Crippen LogP contribution < -0.4 is 4.74 Å². The third kappa shape index (κ3) is 3.03. The Kier molecular flexibility index (Phi) is 4.62. The van der Waals surface area contributed by atoms with Crippen LogP contribution in [0.3, 0.4) is 0 Å². The summed E-state index contributed by atoms with van der Waals surface area (Å²) in [5, 5.41) is 0.342. The average Bonchev–Trinajstić information content (AvgIpc) is 3.01. The zero-order valence-corrected chi connectivity index (χ0v) is 14.9. The number of aryl methyl sites for hydroxylation is 1. The van der Waals surface area contributed by atoms with Gasteiger partial charge < -0.3 is 9.47 Å². The molecule has 2 atom stereocenters. The van der Waals surface area contributed by atoms with E-state index in [4.69, 9.17) is 9.47 Å². The molecular weight excluding hydrogens is 326 g/mol. The maximum atomic E-state index is 12.7. The fraction of sp³-hybridized carbons (Fsp3) is 0.353. The van der Waals surface area contributed by atoms with Gasteiger partial charge in [-0.05, 0) is 32.1 Å². The van der Waals surface area contributed by atoms with Crippen LogP contribution in [0.1, 0.15) is 16.8 Å². The van der Waals surface area contributed by atoms with E-state index in [2.05, 4.69) is 15.0 Å². The fourth-order valence-corrected chi connectivity index (χ4v) is 3.79. The molecule has 0 radical (unpaired) electrons. The number of aromatic nitrogens is 1. The monoisotopic (exact) mass is 345 g/mol. The van der Waals surface area contributed by atoms with Gasteiger partial charge >= 0.3 is 0 Å². The smallest absolute Gasteiger partial charge is 0.215 e. The van der Waals surface area contributed by atoms with Crippen LogP contribution in [0.5, 0.6) is 5.75 Å². The zero-order chi connectivity index (χ0) is 17.3. The molecule has 7 heteroatoms. The molecule has 2 unspecified atom stereocenters. The molecule has 0 saturated heterocycles. The van der Waals surface area contributed by atoms with E-state index >= 15 is 0 Å². The minimum absolute atomic E-state index is 0.217. The van der Waals surface area contributed by atoms with E-state index in [0.717, 1.165) is 34.0 Å². The van der Waals surface area contributed by atoms with Crippen molar-refractivity contribution in [3.8, 4) is 5.75 Å². The van der Waals surface area contributed by atoms with Crippen molar-refractivity contribution >= 4 is 21.7 Å². The van der Waals surface area contributed by atoms with Crippen molar-refractivity contribution in [3.05, 3.63) is 47.0 Å². The maximum absolute atomic E-state index is 12.7. The van der Waals surface area contributed by atoms with Crippen molar-refractivity contribution in [2.45, 2.75) is 25.6 Å². The number of hydrogen-bond donors (Lipinski definition) is 0. The molecule has 0 N–H and O–H groups in total. The van der Waals surface area contributed by atoms with E-state index < -0.39 is 10.8 Å². The molecule has 1 aliphatic heterocycles. The average molecular weight is 345 g/mol. The Morgan fingerprint density at radius 3 is 2.71 bits per heavy atom. The van der Waals surface area contributed by atoms with Gasteiger partial charge in [-0.2, -0.15) is 0 Å². The van der Waals surface area contributed by atoms with Crippen LogP contribution in [-0.2, 0) is 21.3 Å². The zero-order valence-electron chi connectivity index (χ0n) is 14.1. The van der Waals surface area contributed by atoms with E-state index in [1.165, 1.54) is 0 Å². The van der Waals surface area contributed by atoms with Crippen molar-refractivity contribution in [1.82, 2.24) is 4.98 Å². The van der Waals surface area contributed by atoms with Gasteiger partial charge in [0.1, 0.15) is 17.6 Å². The number of hydrogen-bond acceptors (Lipinski definition) is 6. The molecule has 1 aliphatic carbocycles. The summed E-state index contributed by atoms with van der Waals surface area (Å²) in [4.78, 5) is 13.2. The highest BCUT2D eigenvalue weighted by Crippen LogP contribution is 2.25. The number of nitrogens with zero attached hydrogens (tertiary/aromatic N) is 3. The second-order valence-corrected chi connectivity index (χ2v) is 6.88. The minimum Gasteiger partial charge on any atom is -0.497 e. The maximum Gasteiger partial charge on any atom is 0.215 e. The summed E-state index contributed by atoms with van der Waals surface area (Å²) in [6.45, 7) is 3.85. The Hall–Kier alpha value is -2.28. The largest absolute Gasteiger partial charge is 0.497 e. The lowest BCUT2D eigenvalue weighted by Crippen LogP contribution is -2.14. The van der Waals surface area contributed by atoms with Crippen LogP contribution in [0, 0.1) is 13.8 Å². The van der Waals surface area contributed by atoms with Gasteiger partial charge in [-0.3, -0.25) is 9.19 Å². The number of amidine groups is 1. The van der Waals surface area contributed by atoms with Crippen molar-refractivity contribution in [3.63, 3.8) is 0 Å². The standard InChI is InChI=1S/C17H19N3O3S/c1-10-8-18-15(11(2)16(10)23-4)9-24(21)17-19-13-6-5-12(22-3)7-14(13)20-17/h5-8,14H,9H2,1-4H3. The summed E-state index contributed by atoms with van der Waals surface area (Å²) in [7, 11) is 1.87. The lowest BCUT2D eigenvalue weighted by molar-refractivity contribution is 0.304. The first-order valence-electron chi connectivity index (χ1n) is 7.51. The number of allylic oxidation sites excluding steroid dienone is 1. The summed E-state index contributed by atoms with van der Waals surface area (Å²) in [6, 6.07) is -0.217. The molecule has 2 aliphatic rings. The number of aliphatic imine (C=N–C) groups is 2. The van der Waals surface area contributed by atoms with E-state index in [1.807, 2.05) is 32.1 Å². The van der Waals surface area contributed by atoms with Gasteiger partial charge in [-0.25, -0.2) is 9.98 Å². The van der Waals surface area contributed by atoms with Gasteiger partial charge in [-0.15, -0.1) is 0 Å². The second kappa shape index (κ2) is 6.68. The van der Waals surface area contributed by atoms with E-state index in [1.54, 1.807) is 20.4 Å². The van der Waals surface area contributed by atoms with Gasteiger partial charge in [0.05, 0.1) is 42.2 Å². The third-order valence-corrected chi connectivity index (χ3v) is 5.11. The van der Waals surface area contributed by atoms with Gasteiger partial charge in [0.2, 0.25) is 5.17 Å². The Bertz CT molecular complexity index is 825. The topological polar surface area (TPSA) is 73.1 Å². The lowest BCUT2D eigenvalue weighted by Gasteiger charge is -2.11. The van der Waals surface area contributed by atoms with Gasteiger partial charge in [-0.1, -0.05) is 0 Å².